The van der Waals surface area contributed by atoms with Crippen LogP contribution < -0.4 is 0 Å². The van der Waals surface area contributed by atoms with E-state index in [2.05, 4.69) is 0 Å². The highest BCUT2D eigenvalue weighted by Crippen LogP contribution is 2.30. The van der Waals surface area contributed by atoms with Gasteiger partial charge in [0.2, 0.25) is 0 Å². The number of hydrogen-bond donors (Lipinski definition) is 2. The Balaban J connectivity index is 2.56. The third-order valence-electron chi connectivity index (χ3n) is 4.05. The Labute approximate surface area is 126 Å². The van der Waals surface area contributed by atoms with Crippen molar-refractivity contribution in [2.45, 2.75) is 64.0 Å². The molecule has 0 saturated heterocycles. The number of aliphatic carboxylic acids is 1. The van der Waals surface area contributed by atoms with Crippen LogP contribution in [0.15, 0.2) is 0 Å². The second-order valence-corrected chi connectivity index (χ2v) is 6.35. The minimum atomic E-state index is -0.847. The average molecular weight is 300 g/mol. The van der Waals surface area contributed by atoms with Crippen molar-refractivity contribution in [3.63, 3.8) is 0 Å². The fourth-order valence-corrected chi connectivity index (χ4v) is 2.89. The molecule has 0 aromatic rings. The lowest BCUT2D eigenvalue weighted by Crippen LogP contribution is -2.50. The molecule has 1 aliphatic carbocycles. The van der Waals surface area contributed by atoms with Crippen LogP contribution in [0.4, 0.5) is 4.79 Å². The highest BCUT2D eigenvalue weighted by atomic mass is 16.4. The van der Waals surface area contributed by atoms with E-state index in [4.69, 9.17) is 5.11 Å². The van der Waals surface area contributed by atoms with Gasteiger partial charge < -0.3 is 20.0 Å². The number of nitrogens with zero attached hydrogens (tertiary/aromatic N) is 2. The summed E-state index contributed by atoms with van der Waals surface area (Å²) in [5.41, 5.74) is -0.756. The number of carboxylic acids is 1. The van der Waals surface area contributed by atoms with E-state index in [1.807, 2.05) is 13.8 Å². The van der Waals surface area contributed by atoms with Crippen LogP contribution >= 0.6 is 0 Å². The first kappa shape index (κ1) is 17.8. The van der Waals surface area contributed by atoms with Crippen molar-refractivity contribution in [2.75, 3.05) is 20.1 Å². The van der Waals surface area contributed by atoms with Gasteiger partial charge in [-0.2, -0.15) is 0 Å². The Hall–Kier alpha value is -1.30. The Kier molecular flexibility index (Phi) is 6.45. The van der Waals surface area contributed by atoms with Crippen LogP contribution in [-0.4, -0.2) is 63.8 Å². The van der Waals surface area contributed by atoms with Gasteiger partial charge in [0, 0.05) is 26.1 Å². The summed E-state index contributed by atoms with van der Waals surface area (Å²) < 4.78 is 0. The van der Waals surface area contributed by atoms with E-state index >= 15 is 0 Å². The molecular formula is C15H28N2O4. The Bertz CT molecular complexity index is 365. The largest absolute Gasteiger partial charge is 0.481 e. The minimum Gasteiger partial charge on any atom is -0.481 e. The van der Waals surface area contributed by atoms with Crippen molar-refractivity contribution < 1.29 is 19.8 Å². The van der Waals surface area contributed by atoms with E-state index in [9.17, 15) is 14.7 Å². The fourth-order valence-electron chi connectivity index (χ4n) is 2.89. The van der Waals surface area contributed by atoms with E-state index in [1.165, 1.54) is 0 Å². The van der Waals surface area contributed by atoms with E-state index in [-0.39, 0.29) is 18.5 Å². The van der Waals surface area contributed by atoms with Gasteiger partial charge in [-0.25, -0.2) is 4.79 Å². The van der Waals surface area contributed by atoms with Crippen LogP contribution in [0.2, 0.25) is 0 Å². The molecule has 0 heterocycles. The van der Waals surface area contributed by atoms with Crippen molar-refractivity contribution >= 4 is 12.0 Å². The molecule has 6 heteroatoms. The maximum Gasteiger partial charge on any atom is 0.320 e. The lowest BCUT2D eigenvalue weighted by molar-refractivity contribution is -0.137. The van der Waals surface area contributed by atoms with Crippen molar-refractivity contribution in [3.8, 4) is 0 Å². The lowest BCUT2D eigenvalue weighted by atomic mass is 10.0. The first-order valence-corrected chi connectivity index (χ1v) is 7.71. The molecule has 0 aliphatic heterocycles. The summed E-state index contributed by atoms with van der Waals surface area (Å²) in [7, 11) is 1.70. The minimum absolute atomic E-state index is 0.00645. The Morgan fingerprint density at radius 3 is 2.29 bits per heavy atom. The Morgan fingerprint density at radius 2 is 1.81 bits per heavy atom. The third kappa shape index (κ3) is 5.53. The maximum absolute atomic E-state index is 12.5. The second kappa shape index (κ2) is 7.64. The molecule has 0 atom stereocenters. The number of carbonyl (C=O) groups is 2. The third-order valence-corrected chi connectivity index (χ3v) is 4.05. The second-order valence-electron chi connectivity index (χ2n) is 6.35. The predicted octanol–water partition coefficient (Wildman–Crippen LogP) is 1.92. The summed E-state index contributed by atoms with van der Waals surface area (Å²) in [6.45, 7) is 4.59. The molecule has 122 valence electrons. The van der Waals surface area contributed by atoms with E-state index in [0.29, 0.717) is 19.5 Å². The number of aliphatic hydroxyl groups is 1. The predicted molar refractivity (Wildman–Crippen MR) is 80.2 cm³/mol. The number of carboxylic acid groups (broad SMARTS) is 1. The van der Waals surface area contributed by atoms with Gasteiger partial charge in [0.15, 0.2) is 0 Å². The van der Waals surface area contributed by atoms with E-state index in [0.717, 1.165) is 25.7 Å². The summed E-state index contributed by atoms with van der Waals surface area (Å²) in [6, 6.07) is -0.136. The molecule has 1 rings (SSSR count). The van der Waals surface area contributed by atoms with Crippen LogP contribution in [-0.2, 0) is 4.79 Å². The lowest BCUT2D eigenvalue weighted by Gasteiger charge is -2.35. The van der Waals surface area contributed by atoms with Crippen molar-refractivity contribution in [1.82, 2.24) is 9.80 Å². The molecule has 1 fully saturated rings. The summed E-state index contributed by atoms with van der Waals surface area (Å²) in [5, 5.41) is 19.1. The average Bonchev–Trinajstić information content (AvgIpc) is 2.79. The molecule has 21 heavy (non-hydrogen) atoms. The molecule has 2 amide bonds. The normalized spacial score (nSPS) is 17.0. The monoisotopic (exact) mass is 300 g/mol. The summed E-state index contributed by atoms with van der Waals surface area (Å²) >= 11 is 0. The van der Waals surface area contributed by atoms with Crippen LogP contribution in [0.1, 0.15) is 52.4 Å². The van der Waals surface area contributed by atoms with Crippen molar-refractivity contribution in [3.05, 3.63) is 0 Å². The number of urea groups is 1. The quantitative estimate of drug-likeness (QED) is 0.752. The zero-order chi connectivity index (χ0) is 16.0. The molecule has 0 aromatic heterocycles. The molecule has 0 aromatic carbocycles. The summed E-state index contributed by atoms with van der Waals surface area (Å²) in [5.74, 6) is -0.847. The molecule has 1 aliphatic rings. The van der Waals surface area contributed by atoms with E-state index < -0.39 is 11.6 Å². The highest BCUT2D eigenvalue weighted by Gasteiger charge is 2.34. The van der Waals surface area contributed by atoms with Crippen molar-refractivity contribution in [1.29, 1.82) is 0 Å². The van der Waals surface area contributed by atoms with Crippen LogP contribution in [0, 0.1) is 0 Å². The molecule has 1 saturated carbocycles. The standard InChI is InChI=1S/C15H28N2O4/c1-12(2)17(10-6-7-13(18)19)14(20)16(3)11-15(21)8-4-5-9-15/h12,21H,4-11H2,1-3H3,(H,18,19). The van der Waals surface area contributed by atoms with Crippen molar-refractivity contribution in [2.24, 2.45) is 0 Å². The van der Waals surface area contributed by atoms with Gasteiger partial charge in [-0.1, -0.05) is 12.8 Å². The number of likely N-dealkylation sites (N-methyl/N-ethyl adjacent to an activating group) is 1. The van der Waals surface area contributed by atoms with Gasteiger partial charge in [0.1, 0.15) is 0 Å². The van der Waals surface area contributed by atoms with Crippen LogP contribution in [0.25, 0.3) is 0 Å². The maximum atomic E-state index is 12.5. The van der Waals surface area contributed by atoms with Gasteiger partial charge in [0.05, 0.1) is 12.1 Å². The first-order chi connectivity index (χ1) is 9.75. The van der Waals surface area contributed by atoms with Gasteiger partial charge in [-0.15, -0.1) is 0 Å². The van der Waals surface area contributed by atoms with Gasteiger partial charge >= 0.3 is 12.0 Å². The number of carbonyl (C=O) groups excluding carboxylic acids is 1. The fraction of sp³-hybridized carbons (Fsp3) is 0.867. The molecule has 0 unspecified atom stereocenters. The first-order valence-electron chi connectivity index (χ1n) is 7.71. The van der Waals surface area contributed by atoms with Gasteiger partial charge in [-0.3, -0.25) is 4.79 Å². The van der Waals surface area contributed by atoms with Crippen LogP contribution in [0.5, 0.6) is 0 Å². The molecule has 0 bridgehead atoms. The number of amides is 2. The molecule has 0 spiro atoms. The molecule has 0 radical (unpaired) electrons. The zero-order valence-corrected chi connectivity index (χ0v) is 13.3. The molecule has 2 N–H and O–H groups in total. The summed E-state index contributed by atoms with van der Waals surface area (Å²) in [6.07, 6.45) is 3.99. The highest BCUT2D eigenvalue weighted by molar-refractivity contribution is 5.74. The Morgan fingerprint density at radius 1 is 1.24 bits per heavy atom. The molecule has 6 nitrogen and oxygen atoms in total. The van der Waals surface area contributed by atoms with Gasteiger partial charge in [-0.05, 0) is 33.1 Å². The van der Waals surface area contributed by atoms with E-state index in [1.54, 1.807) is 16.8 Å². The summed E-state index contributed by atoms with van der Waals surface area (Å²) in [4.78, 5) is 26.3. The smallest absolute Gasteiger partial charge is 0.320 e. The molecular weight excluding hydrogens is 272 g/mol. The SMILES string of the molecule is CC(C)N(CCCC(=O)O)C(=O)N(C)CC1(O)CCCC1. The van der Waals surface area contributed by atoms with Gasteiger partial charge in [0.25, 0.3) is 0 Å². The number of hydrogen-bond acceptors (Lipinski definition) is 3. The zero-order valence-electron chi connectivity index (χ0n) is 13.3. The topological polar surface area (TPSA) is 81.1 Å². The number of rotatable bonds is 7. The van der Waals surface area contributed by atoms with Crippen LogP contribution in [0.3, 0.4) is 0 Å².